The smallest absolute Gasteiger partial charge is 0.270 e. The standard InChI is InChI=1S/C28H34N6O4/c1-28(2)17-22(24(35)11-12-26(36)31-15-14-30-25-8-3-4-13-29-25)23(28)10-9-20-18-32-27(33-20)19-6-5-7-21(16-19)34(37)38/h3-8,13,16,18,22-23H,9-12,14-15,17H2,1-2H3,(H,29,30)(H,31,36)(H,32,33)/t22-,23+/m0/s1. The third-order valence-electron chi connectivity index (χ3n) is 7.35. The predicted molar refractivity (Wildman–Crippen MR) is 144 cm³/mol. The number of rotatable bonds is 13. The van der Waals surface area contributed by atoms with E-state index in [4.69, 9.17) is 0 Å². The Labute approximate surface area is 221 Å². The van der Waals surface area contributed by atoms with E-state index in [1.807, 2.05) is 18.2 Å². The SMILES string of the molecule is CC1(C)C[C@H](C(=O)CCC(=O)NCCNc2ccccn2)[C@H]1CCc1cnc(-c2cccc([N+](=O)[O-])c2)[nH]1. The molecule has 1 aliphatic carbocycles. The molecule has 1 aromatic carbocycles. The van der Waals surface area contributed by atoms with Gasteiger partial charge in [0.2, 0.25) is 5.91 Å². The number of Topliss-reactive ketones (excluding diaryl/α,β-unsaturated/α-hetero) is 1. The lowest BCUT2D eigenvalue weighted by atomic mass is 9.53. The fraction of sp³-hybridized carbons (Fsp3) is 0.429. The molecule has 1 amide bonds. The number of nitro groups is 1. The highest BCUT2D eigenvalue weighted by Gasteiger charge is 2.49. The van der Waals surface area contributed by atoms with Gasteiger partial charge in [-0.2, -0.15) is 0 Å². The highest BCUT2D eigenvalue weighted by atomic mass is 16.6. The molecule has 200 valence electrons. The monoisotopic (exact) mass is 518 g/mol. The molecule has 10 nitrogen and oxygen atoms in total. The molecule has 1 fully saturated rings. The van der Waals surface area contributed by atoms with Crippen molar-refractivity contribution in [2.45, 2.75) is 46.0 Å². The van der Waals surface area contributed by atoms with Crippen LogP contribution >= 0.6 is 0 Å². The average Bonchev–Trinajstić information content (AvgIpc) is 3.38. The number of amides is 1. The molecule has 3 N–H and O–H groups in total. The number of pyridine rings is 1. The summed E-state index contributed by atoms with van der Waals surface area (Å²) in [5, 5.41) is 17.1. The van der Waals surface area contributed by atoms with Crippen molar-refractivity contribution in [3.8, 4) is 11.4 Å². The number of imidazole rings is 1. The molecule has 3 aromatic rings. The maximum absolute atomic E-state index is 13.0. The largest absolute Gasteiger partial charge is 0.368 e. The van der Waals surface area contributed by atoms with Crippen LogP contribution < -0.4 is 10.6 Å². The number of ketones is 1. The van der Waals surface area contributed by atoms with Crippen molar-refractivity contribution in [2.24, 2.45) is 17.3 Å². The van der Waals surface area contributed by atoms with Crippen molar-refractivity contribution in [1.82, 2.24) is 20.3 Å². The first-order valence-corrected chi connectivity index (χ1v) is 13.0. The van der Waals surface area contributed by atoms with E-state index >= 15 is 0 Å². The summed E-state index contributed by atoms with van der Waals surface area (Å²) in [4.78, 5) is 47.7. The summed E-state index contributed by atoms with van der Waals surface area (Å²) in [6.45, 7) is 5.39. The lowest BCUT2D eigenvalue weighted by molar-refractivity contribution is -0.384. The second-order valence-electron chi connectivity index (χ2n) is 10.5. The number of aryl methyl sites for hydroxylation is 1. The predicted octanol–water partition coefficient (Wildman–Crippen LogP) is 4.55. The Morgan fingerprint density at radius 3 is 2.71 bits per heavy atom. The second kappa shape index (κ2) is 12.0. The van der Waals surface area contributed by atoms with Crippen molar-refractivity contribution >= 4 is 23.2 Å². The molecule has 0 bridgehead atoms. The van der Waals surface area contributed by atoms with Gasteiger partial charge in [-0.05, 0) is 42.7 Å². The minimum atomic E-state index is -0.423. The number of carbonyl (C=O) groups excluding carboxylic acids is 2. The second-order valence-corrected chi connectivity index (χ2v) is 10.5. The number of carbonyl (C=O) groups is 2. The van der Waals surface area contributed by atoms with E-state index in [0.29, 0.717) is 24.5 Å². The Balaban J connectivity index is 1.22. The normalized spacial score (nSPS) is 17.8. The van der Waals surface area contributed by atoms with Gasteiger partial charge in [-0.15, -0.1) is 0 Å². The fourth-order valence-corrected chi connectivity index (χ4v) is 5.26. The zero-order valence-corrected chi connectivity index (χ0v) is 21.8. The number of aromatic nitrogens is 3. The van der Waals surface area contributed by atoms with Crippen molar-refractivity contribution in [2.75, 3.05) is 18.4 Å². The lowest BCUT2D eigenvalue weighted by Gasteiger charge is -2.51. The quantitative estimate of drug-likeness (QED) is 0.171. The number of anilines is 1. The molecule has 38 heavy (non-hydrogen) atoms. The van der Waals surface area contributed by atoms with E-state index in [2.05, 4.69) is 39.4 Å². The lowest BCUT2D eigenvalue weighted by Crippen LogP contribution is -2.48. The van der Waals surface area contributed by atoms with Gasteiger partial charge in [-0.1, -0.05) is 32.0 Å². The van der Waals surface area contributed by atoms with Crippen LogP contribution in [0.1, 0.15) is 45.2 Å². The average molecular weight is 519 g/mol. The van der Waals surface area contributed by atoms with E-state index in [0.717, 1.165) is 30.8 Å². The van der Waals surface area contributed by atoms with Gasteiger partial charge in [0.1, 0.15) is 17.4 Å². The molecule has 0 unspecified atom stereocenters. The molecule has 2 heterocycles. The molecule has 2 aromatic heterocycles. The Morgan fingerprint density at radius 1 is 1.13 bits per heavy atom. The molecule has 1 aliphatic rings. The summed E-state index contributed by atoms with van der Waals surface area (Å²) in [6.07, 6.45) is 6.28. The molecular formula is C28H34N6O4. The number of H-pyrrole nitrogens is 1. The number of hydrogen-bond acceptors (Lipinski definition) is 7. The van der Waals surface area contributed by atoms with Crippen LogP contribution in [0, 0.1) is 27.4 Å². The van der Waals surface area contributed by atoms with E-state index < -0.39 is 4.92 Å². The van der Waals surface area contributed by atoms with Crippen molar-refractivity contribution < 1.29 is 14.5 Å². The fourth-order valence-electron chi connectivity index (χ4n) is 5.26. The number of non-ortho nitro benzene ring substituents is 1. The van der Waals surface area contributed by atoms with Gasteiger partial charge in [-0.25, -0.2) is 9.97 Å². The molecule has 2 atom stereocenters. The van der Waals surface area contributed by atoms with Crippen molar-refractivity contribution in [3.63, 3.8) is 0 Å². The Bertz CT molecular complexity index is 1270. The zero-order chi connectivity index (χ0) is 27.1. The molecule has 0 radical (unpaired) electrons. The van der Waals surface area contributed by atoms with Crippen LogP contribution in [-0.4, -0.2) is 44.7 Å². The first kappa shape index (κ1) is 27.0. The van der Waals surface area contributed by atoms with Gasteiger partial charge in [0.15, 0.2) is 0 Å². The van der Waals surface area contributed by atoms with Crippen molar-refractivity contribution in [1.29, 1.82) is 0 Å². The topological polar surface area (TPSA) is 143 Å². The number of benzene rings is 1. The van der Waals surface area contributed by atoms with Gasteiger partial charge in [0, 0.05) is 67.6 Å². The summed E-state index contributed by atoms with van der Waals surface area (Å²) in [6, 6.07) is 12.0. The first-order valence-electron chi connectivity index (χ1n) is 13.0. The number of nitrogens with one attached hydrogen (secondary N) is 3. The summed E-state index contributed by atoms with van der Waals surface area (Å²) in [5.74, 6) is 1.56. The Hall–Kier alpha value is -4.08. The Morgan fingerprint density at radius 2 is 1.97 bits per heavy atom. The molecule has 0 spiro atoms. The molecule has 4 rings (SSSR count). The summed E-state index contributed by atoms with van der Waals surface area (Å²) in [7, 11) is 0. The number of nitrogens with zero attached hydrogens (tertiary/aromatic N) is 3. The minimum absolute atomic E-state index is 0.0212. The van der Waals surface area contributed by atoms with Gasteiger partial charge < -0.3 is 15.6 Å². The van der Waals surface area contributed by atoms with E-state index in [-0.39, 0.29) is 47.5 Å². The van der Waals surface area contributed by atoms with Gasteiger partial charge in [0.05, 0.1) is 4.92 Å². The number of nitro benzene ring substituents is 1. The third kappa shape index (κ3) is 6.81. The van der Waals surface area contributed by atoms with Crippen LogP contribution in [0.25, 0.3) is 11.4 Å². The number of hydrogen-bond donors (Lipinski definition) is 3. The highest BCUT2D eigenvalue weighted by Crippen LogP contribution is 2.53. The minimum Gasteiger partial charge on any atom is -0.368 e. The highest BCUT2D eigenvalue weighted by molar-refractivity contribution is 5.87. The van der Waals surface area contributed by atoms with Crippen LogP contribution in [0.5, 0.6) is 0 Å². The first-order chi connectivity index (χ1) is 18.2. The van der Waals surface area contributed by atoms with Crippen LogP contribution in [-0.2, 0) is 16.0 Å². The summed E-state index contributed by atoms with van der Waals surface area (Å²) in [5.41, 5.74) is 1.67. The van der Waals surface area contributed by atoms with Gasteiger partial charge >= 0.3 is 0 Å². The maximum Gasteiger partial charge on any atom is 0.270 e. The number of aromatic amines is 1. The molecule has 0 aliphatic heterocycles. The van der Waals surface area contributed by atoms with Crippen LogP contribution in [0.15, 0.2) is 54.9 Å². The molecule has 1 saturated carbocycles. The van der Waals surface area contributed by atoms with E-state index in [1.54, 1.807) is 24.5 Å². The third-order valence-corrected chi connectivity index (χ3v) is 7.35. The Kier molecular flexibility index (Phi) is 8.50. The summed E-state index contributed by atoms with van der Waals surface area (Å²) >= 11 is 0. The van der Waals surface area contributed by atoms with Crippen LogP contribution in [0.3, 0.4) is 0 Å². The van der Waals surface area contributed by atoms with E-state index in [9.17, 15) is 19.7 Å². The van der Waals surface area contributed by atoms with E-state index in [1.165, 1.54) is 12.1 Å². The summed E-state index contributed by atoms with van der Waals surface area (Å²) < 4.78 is 0. The van der Waals surface area contributed by atoms with Crippen LogP contribution in [0.2, 0.25) is 0 Å². The molecule has 0 saturated heterocycles. The van der Waals surface area contributed by atoms with Gasteiger partial charge in [0.25, 0.3) is 5.69 Å². The molecular weight excluding hydrogens is 484 g/mol. The molecule has 10 heteroatoms. The maximum atomic E-state index is 13.0. The van der Waals surface area contributed by atoms with Gasteiger partial charge in [-0.3, -0.25) is 19.7 Å². The van der Waals surface area contributed by atoms with Crippen molar-refractivity contribution in [3.05, 3.63) is 70.7 Å². The zero-order valence-electron chi connectivity index (χ0n) is 21.8. The van der Waals surface area contributed by atoms with Crippen LogP contribution in [0.4, 0.5) is 11.5 Å².